The standard InChI is InChI=1S/C25H31F3N8O3/c1-16-19(14-33-35(16)2)13-29-20-9-7-17(8-10-20)11-30-23-21(36(37)38)15-32-24(34-23)31-12-18-5-3-4-6-22(18)39-25(26,27)28/h3-6,14-15,17,20,29H,7-13H2,1-2H3,(H2,30,31,32,34). The molecule has 1 aliphatic carbocycles. The Kier molecular flexibility index (Phi) is 8.84. The van der Waals surface area contributed by atoms with Crippen molar-refractivity contribution in [2.45, 2.75) is 58.1 Å². The van der Waals surface area contributed by atoms with Crippen LogP contribution in [0.2, 0.25) is 0 Å². The summed E-state index contributed by atoms with van der Waals surface area (Å²) in [4.78, 5) is 19.1. The number of hydrogen-bond donors (Lipinski definition) is 3. The van der Waals surface area contributed by atoms with E-state index in [2.05, 4.69) is 35.8 Å². The van der Waals surface area contributed by atoms with E-state index in [-0.39, 0.29) is 35.3 Å². The van der Waals surface area contributed by atoms with Crippen LogP contribution in [-0.4, -0.2) is 43.6 Å². The number of alkyl halides is 3. The van der Waals surface area contributed by atoms with Gasteiger partial charge in [-0.05, 0) is 44.6 Å². The third-order valence-electron chi connectivity index (χ3n) is 6.92. The zero-order valence-electron chi connectivity index (χ0n) is 21.7. The van der Waals surface area contributed by atoms with Crippen molar-refractivity contribution in [1.82, 2.24) is 25.1 Å². The highest BCUT2D eigenvalue weighted by Gasteiger charge is 2.32. The van der Waals surface area contributed by atoms with Crippen LogP contribution >= 0.6 is 0 Å². The number of nitro groups is 1. The third kappa shape index (κ3) is 7.78. The summed E-state index contributed by atoms with van der Waals surface area (Å²) in [6, 6.07) is 6.09. The predicted octanol–water partition coefficient (Wildman–Crippen LogP) is 4.70. The lowest BCUT2D eigenvalue weighted by atomic mass is 9.86. The molecular formula is C25H31F3N8O3. The van der Waals surface area contributed by atoms with Gasteiger partial charge in [0, 0.05) is 49.5 Å². The van der Waals surface area contributed by atoms with Crippen LogP contribution in [0.4, 0.5) is 30.6 Å². The Morgan fingerprint density at radius 3 is 2.51 bits per heavy atom. The molecule has 0 aliphatic heterocycles. The number of rotatable bonds is 11. The molecule has 14 heteroatoms. The van der Waals surface area contributed by atoms with Crippen molar-refractivity contribution in [3.63, 3.8) is 0 Å². The van der Waals surface area contributed by atoms with Gasteiger partial charge in [0.25, 0.3) is 0 Å². The van der Waals surface area contributed by atoms with Crippen LogP contribution < -0.4 is 20.7 Å². The van der Waals surface area contributed by atoms with E-state index in [1.807, 2.05) is 24.9 Å². The van der Waals surface area contributed by atoms with Gasteiger partial charge in [-0.3, -0.25) is 14.8 Å². The molecule has 210 valence electrons. The summed E-state index contributed by atoms with van der Waals surface area (Å²) in [5, 5.41) is 25.3. The van der Waals surface area contributed by atoms with Gasteiger partial charge in [-0.1, -0.05) is 18.2 Å². The van der Waals surface area contributed by atoms with Gasteiger partial charge in [0.2, 0.25) is 11.8 Å². The minimum Gasteiger partial charge on any atom is -0.405 e. The van der Waals surface area contributed by atoms with E-state index < -0.39 is 11.3 Å². The Hall–Kier alpha value is -3.94. The summed E-state index contributed by atoms with van der Waals surface area (Å²) in [7, 11) is 1.92. The smallest absolute Gasteiger partial charge is 0.405 e. The average molecular weight is 549 g/mol. The highest BCUT2D eigenvalue weighted by atomic mass is 19.4. The minimum atomic E-state index is -4.83. The Morgan fingerprint density at radius 1 is 1.10 bits per heavy atom. The van der Waals surface area contributed by atoms with Crippen molar-refractivity contribution >= 4 is 17.5 Å². The number of ether oxygens (including phenoxy) is 1. The summed E-state index contributed by atoms with van der Waals surface area (Å²) in [6.45, 7) is 3.25. The topological polar surface area (TPSA) is 132 Å². The molecule has 3 aromatic rings. The maximum absolute atomic E-state index is 12.7. The molecule has 0 unspecified atom stereocenters. The molecule has 0 atom stereocenters. The number of nitrogens with zero attached hydrogens (tertiary/aromatic N) is 5. The first-order chi connectivity index (χ1) is 18.6. The highest BCUT2D eigenvalue weighted by Crippen LogP contribution is 2.29. The number of aryl methyl sites for hydroxylation is 1. The maximum atomic E-state index is 12.7. The quantitative estimate of drug-likeness (QED) is 0.230. The summed E-state index contributed by atoms with van der Waals surface area (Å²) in [5.74, 6) is 0.0760. The molecule has 0 radical (unpaired) electrons. The number of para-hydroxylation sites is 1. The Balaban J connectivity index is 1.31. The van der Waals surface area contributed by atoms with Gasteiger partial charge in [-0.15, -0.1) is 13.2 Å². The second-order valence-corrected chi connectivity index (χ2v) is 9.55. The van der Waals surface area contributed by atoms with E-state index in [1.54, 1.807) is 6.07 Å². The van der Waals surface area contributed by atoms with Gasteiger partial charge in [0.05, 0.1) is 11.1 Å². The fraction of sp³-hybridized carbons (Fsp3) is 0.480. The molecule has 39 heavy (non-hydrogen) atoms. The number of aromatic nitrogens is 4. The maximum Gasteiger partial charge on any atom is 0.573 e. The fourth-order valence-corrected chi connectivity index (χ4v) is 4.56. The van der Waals surface area contributed by atoms with Crippen LogP contribution in [0.5, 0.6) is 5.75 Å². The van der Waals surface area contributed by atoms with Crippen molar-refractivity contribution in [2.24, 2.45) is 13.0 Å². The first-order valence-corrected chi connectivity index (χ1v) is 12.6. The summed E-state index contributed by atoms with van der Waals surface area (Å²) >= 11 is 0. The van der Waals surface area contributed by atoms with Crippen molar-refractivity contribution in [3.05, 3.63) is 63.6 Å². The lowest BCUT2D eigenvalue weighted by molar-refractivity contribution is -0.384. The summed E-state index contributed by atoms with van der Waals surface area (Å²) < 4.78 is 44.0. The number of halogens is 3. The van der Waals surface area contributed by atoms with Crippen LogP contribution in [-0.2, 0) is 20.1 Å². The molecule has 1 saturated carbocycles. The Morgan fingerprint density at radius 2 is 1.85 bits per heavy atom. The van der Waals surface area contributed by atoms with Crippen LogP contribution in [0.1, 0.15) is 42.5 Å². The van der Waals surface area contributed by atoms with Crippen LogP contribution in [0.25, 0.3) is 0 Å². The van der Waals surface area contributed by atoms with Gasteiger partial charge < -0.3 is 20.7 Å². The van der Waals surface area contributed by atoms with Crippen molar-refractivity contribution < 1.29 is 22.8 Å². The largest absolute Gasteiger partial charge is 0.573 e. The van der Waals surface area contributed by atoms with Gasteiger partial charge in [0.1, 0.15) is 11.9 Å². The van der Waals surface area contributed by atoms with E-state index in [0.717, 1.165) is 44.1 Å². The van der Waals surface area contributed by atoms with E-state index in [1.165, 1.54) is 23.8 Å². The zero-order chi connectivity index (χ0) is 28.0. The first-order valence-electron chi connectivity index (χ1n) is 12.6. The van der Waals surface area contributed by atoms with E-state index in [0.29, 0.717) is 18.5 Å². The highest BCUT2D eigenvalue weighted by molar-refractivity contribution is 5.57. The van der Waals surface area contributed by atoms with Gasteiger partial charge >= 0.3 is 12.0 Å². The van der Waals surface area contributed by atoms with E-state index in [9.17, 15) is 23.3 Å². The lowest BCUT2D eigenvalue weighted by Crippen LogP contribution is -2.34. The molecule has 11 nitrogen and oxygen atoms in total. The number of benzene rings is 1. The van der Waals surface area contributed by atoms with Gasteiger partial charge in [0.15, 0.2) is 0 Å². The molecule has 0 spiro atoms. The second-order valence-electron chi connectivity index (χ2n) is 9.55. The molecule has 2 heterocycles. The third-order valence-corrected chi connectivity index (χ3v) is 6.92. The number of hydrogen-bond acceptors (Lipinski definition) is 9. The Bertz CT molecular complexity index is 1280. The van der Waals surface area contributed by atoms with Crippen molar-refractivity contribution in [1.29, 1.82) is 0 Å². The molecule has 0 bridgehead atoms. The van der Waals surface area contributed by atoms with Gasteiger partial charge in [-0.2, -0.15) is 10.1 Å². The van der Waals surface area contributed by atoms with Crippen LogP contribution in [0, 0.1) is 23.0 Å². The van der Waals surface area contributed by atoms with E-state index >= 15 is 0 Å². The monoisotopic (exact) mass is 548 g/mol. The van der Waals surface area contributed by atoms with Gasteiger partial charge in [-0.25, -0.2) is 4.98 Å². The summed E-state index contributed by atoms with van der Waals surface area (Å²) in [6.07, 6.45) is 2.02. The molecule has 2 aromatic heterocycles. The fourth-order valence-electron chi connectivity index (χ4n) is 4.56. The second kappa shape index (κ2) is 12.3. The normalized spacial score (nSPS) is 17.6. The van der Waals surface area contributed by atoms with E-state index in [4.69, 9.17) is 0 Å². The predicted molar refractivity (Wildman–Crippen MR) is 138 cm³/mol. The molecule has 0 amide bonds. The number of nitrogens with one attached hydrogen (secondary N) is 3. The molecule has 1 aromatic carbocycles. The SMILES string of the molecule is Cc1c(CNC2CCC(CNc3nc(NCc4ccccc4OC(F)(F)F)ncc3[N+](=O)[O-])CC2)cnn1C. The number of anilines is 2. The van der Waals surface area contributed by atoms with Crippen molar-refractivity contribution in [2.75, 3.05) is 17.2 Å². The van der Waals surface area contributed by atoms with Crippen LogP contribution in [0.15, 0.2) is 36.7 Å². The zero-order valence-corrected chi connectivity index (χ0v) is 21.7. The molecule has 4 rings (SSSR count). The molecule has 0 saturated heterocycles. The average Bonchev–Trinajstić information content (AvgIpc) is 3.22. The lowest BCUT2D eigenvalue weighted by Gasteiger charge is -2.29. The minimum absolute atomic E-state index is 0.0449. The molecule has 1 aliphatic rings. The Labute approximate surface area is 223 Å². The van der Waals surface area contributed by atoms with Crippen molar-refractivity contribution in [3.8, 4) is 5.75 Å². The molecule has 3 N–H and O–H groups in total. The molecular weight excluding hydrogens is 517 g/mol. The molecule has 1 fully saturated rings. The first kappa shape index (κ1) is 28.1. The van der Waals surface area contributed by atoms with Crippen LogP contribution in [0.3, 0.4) is 0 Å². The summed E-state index contributed by atoms with van der Waals surface area (Å²) in [5.41, 5.74) is 2.27.